The Kier molecular flexibility index (Phi) is 2.10. The normalized spacial score (nSPS) is 12.0. The number of rotatable bonds is 1. The summed E-state index contributed by atoms with van der Waals surface area (Å²) in [6, 6.07) is 0. The first-order valence-corrected chi connectivity index (χ1v) is 3.78. The molecule has 0 fully saturated rings. The van der Waals surface area contributed by atoms with Crippen molar-refractivity contribution in [2.45, 2.75) is 32.7 Å². The minimum absolute atomic E-state index is 0.193. The van der Waals surface area contributed by atoms with Crippen LogP contribution in [-0.4, -0.2) is 0 Å². The molecule has 0 saturated carbocycles. The maximum Gasteiger partial charge on any atom is 0.519 e. The van der Waals surface area contributed by atoms with Gasteiger partial charge in [0.2, 0.25) is 0 Å². The van der Waals surface area contributed by atoms with Crippen LogP contribution in [0.2, 0.25) is 0 Å². The van der Waals surface area contributed by atoms with E-state index in [1.54, 1.807) is 0 Å². The summed E-state index contributed by atoms with van der Waals surface area (Å²) in [5.74, 6) is 0.294. The highest BCUT2D eigenvalue weighted by Gasteiger charge is 2.24. The van der Waals surface area contributed by atoms with Gasteiger partial charge in [0.15, 0.2) is 11.5 Å². The molecule has 0 radical (unpaired) electrons. The lowest BCUT2D eigenvalue weighted by Crippen LogP contribution is -2.13. The second-order valence-corrected chi connectivity index (χ2v) is 3.66. The zero-order valence-corrected chi connectivity index (χ0v) is 7.51. The molecule has 0 aliphatic rings. The van der Waals surface area contributed by atoms with Crippen LogP contribution in [0.4, 0.5) is 0 Å². The second-order valence-electron chi connectivity index (χ2n) is 3.66. The van der Waals surface area contributed by atoms with Gasteiger partial charge in [0.25, 0.3) is 0 Å². The van der Waals surface area contributed by atoms with Gasteiger partial charge in [0.05, 0.1) is 6.54 Å². The van der Waals surface area contributed by atoms with Gasteiger partial charge >= 0.3 is 5.82 Å². The Bertz CT molecular complexity index is 316. The monoisotopic (exact) mass is 171 g/mol. The van der Waals surface area contributed by atoms with Gasteiger partial charge in [-0.15, -0.1) is 0 Å². The van der Waals surface area contributed by atoms with Gasteiger partial charge in [0.1, 0.15) is 0 Å². The molecule has 0 bridgehead atoms. The molecule has 0 aliphatic carbocycles. The highest BCUT2D eigenvalue weighted by atomic mass is 16.6. The minimum atomic E-state index is -0.680. The number of nitrogens with two attached hydrogens (primary N) is 1. The summed E-state index contributed by atoms with van der Waals surface area (Å²) in [5.41, 5.74) is 5.13. The van der Waals surface area contributed by atoms with E-state index in [1.807, 2.05) is 20.8 Å². The first kappa shape index (κ1) is 9.06. The largest absolute Gasteiger partial charge is 0.519 e. The van der Waals surface area contributed by atoms with Gasteiger partial charge < -0.3 is 14.6 Å². The zero-order valence-electron chi connectivity index (χ0n) is 7.51. The van der Waals surface area contributed by atoms with E-state index in [-0.39, 0.29) is 12.0 Å². The third kappa shape index (κ3) is 1.58. The second kappa shape index (κ2) is 2.79. The highest BCUT2D eigenvalue weighted by Crippen LogP contribution is 2.24. The van der Waals surface area contributed by atoms with Crippen molar-refractivity contribution in [3.63, 3.8) is 0 Å². The molecule has 68 valence electrons. The van der Waals surface area contributed by atoms with Crippen LogP contribution < -0.4 is 11.6 Å². The van der Waals surface area contributed by atoms with E-state index in [2.05, 4.69) is 0 Å². The Balaban J connectivity index is 3.23. The maximum atomic E-state index is 10.7. The summed E-state index contributed by atoms with van der Waals surface area (Å²) in [6.45, 7) is 5.98. The van der Waals surface area contributed by atoms with Crippen molar-refractivity contribution in [3.8, 4) is 0 Å². The predicted octanol–water partition coefficient (Wildman–Crippen LogP) is 0.989. The lowest BCUT2D eigenvalue weighted by atomic mass is 9.92. The zero-order chi connectivity index (χ0) is 9.35. The van der Waals surface area contributed by atoms with Gasteiger partial charge in [-0.05, 0) is 0 Å². The van der Waals surface area contributed by atoms with Crippen LogP contribution in [-0.2, 0) is 12.0 Å². The van der Waals surface area contributed by atoms with Crippen molar-refractivity contribution in [3.05, 3.63) is 22.1 Å². The molecule has 2 N–H and O–H groups in total. The van der Waals surface area contributed by atoms with Crippen LogP contribution >= 0.6 is 0 Å². The molecule has 4 nitrogen and oxygen atoms in total. The molecule has 4 heteroatoms. The van der Waals surface area contributed by atoms with Crippen molar-refractivity contribution >= 4 is 0 Å². The molecule has 1 rings (SSSR count). The minimum Gasteiger partial charge on any atom is -0.395 e. The first-order valence-electron chi connectivity index (χ1n) is 3.78. The van der Waals surface area contributed by atoms with Gasteiger partial charge in [-0.3, -0.25) is 0 Å². The Labute approximate surface area is 70.4 Å². The van der Waals surface area contributed by atoms with Crippen molar-refractivity contribution in [1.82, 2.24) is 0 Å². The van der Waals surface area contributed by atoms with Crippen LogP contribution in [0.15, 0.2) is 13.6 Å². The summed E-state index contributed by atoms with van der Waals surface area (Å²) < 4.78 is 9.61. The van der Waals surface area contributed by atoms with E-state index in [0.717, 1.165) is 0 Å². The predicted molar refractivity (Wildman–Crippen MR) is 43.8 cm³/mol. The third-order valence-electron chi connectivity index (χ3n) is 1.51. The molecule has 1 heterocycles. The SMILES string of the molecule is CC(C)(C)c1oc(=O)oc1CN. The van der Waals surface area contributed by atoms with Crippen molar-refractivity contribution in [2.75, 3.05) is 0 Å². The molecule has 0 atom stereocenters. The number of hydrogen-bond donors (Lipinski definition) is 1. The standard InChI is InChI=1S/C8H13NO3/c1-8(2,3)6-5(4-9)11-7(10)12-6/h4,9H2,1-3H3. The topological polar surface area (TPSA) is 69.4 Å². The summed E-state index contributed by atoms with van der Waals surface area (Å²) in [5, 5.41) is 0. The molecular weight excluding hydrogens is 158 g/mol. The van der Waals surface area contributed by atoms with Crippen molar-refractivity contribution < 1.29 is 8.83 Å². The molecule has 0 spiro atoms. The van der Waals surface area contributed by atoms with Gasteiger partial charge in [-0.25, -0.2) is 4.79 Å². The van der Waals surface area contributed by atoms with E-state index in [1.165, 1.54) is 0 Å². The van der Waals surface area contributed by atoms with Crippen LogP contribution in [0, 0.1) is 0 Å². The molecule has 1 aromatic heterocycles. The Morgan fingerprint density at radius 1 is 1.33 bits per heavy atom. The quantitative estimate of drug-likeness (QED) is 0.684. The van der Waals surface area contributed by atoms with E-state index < -0.39 is 5.82 Å². The fourth-order valence-corrected chi connectivity index (χ4v) is 1.01. The Hall–Kier alpha value is -1.03. The fourth-order valence-electron chi connectivity index (χ4n) is 1.01. The van der Waals surface area contributed by atoms with E-state index >= 15 is 0 Å². The molecule has 1 aromatic rings. The Morgan fingerprint density at radius 2 is 1.92 bits per heavy atom. The lowest BCUT2D eigenvalue weighted by molar-refractivity contribution is 0.343. The van der Waals surface area contributed by atoms with Crippen LogP contribution in [0.1, 0.15) is 32.3 Å². The van der Waals surface area contributed by atoms with Crippen molar-refractivity contribution in [2.24, 2.45) is 5.73 Å². The average Bonchev–Trinajstić information content (AvgIpc) is 2.29. The maximum absolute atomic E-state index is 10.7. The Morgan fingerprint density at radius 3 is 2.25 bits per heavy atom. The summed E-state index contributed by atoms with van der Waals surface area (Å²) in [6.07, 6.45) is 0. The molecule has 0 aliphatic heterocycles. The van der Waals surface area contributed by atoms with E-state index in [9.17, 15) is 4.79 Å². The molecule has 0 amide bonds. The molecule has 0 saturated heterocycles. The summed E-state index contributed by atoms with van der Waals surface area (Å²) >= 11 is 0. The van der Waals surface area contributed by atoms with Crippen LogP contribution in [0.25, 0.3) is 0 Å². The summed E-state index contributed by atoms with van der Waals surface area (Å²) in [4.78, 5) is 10.7. The highest BCUT2D eigenvalue weighted by molar-refractivity contribution is 5.12. The molecule has 0 unspecified atom stereocenters. The molecule has 12 heavy (non-hydrogen) atoms. The van der Waals surface area contributed by atoms with Crippen molar-refractivity contribution in [1.29, 1.82) is 0 Å². The summed E-state index contributed by atoms with van der Waals surface area (Å²) in [7, 11) is 0. The fraction of sp³-hybridized carbons (Fsp3) is 0.625. The molecule has 0 aromatic carbocycles. The van der Waals surface area contributed by atoms with Gasteiger partial charge in [-0.2, -0.15) is 0 Å². The van der Waals surface area contributed by atoms with Crippen LogP contribution in [0.3, 0.4) is 0 Å². The third-order valence-corrected chi connectivity index (χ3v) is 1.51. The van der Waals surface area contributed by atoms with E-state index in [0.29, 0.717) is 11.5 Å². The van der Waals surface area contributed by atoms with Gasteiger partial charge in [-0.1, -0.05) is 20.8 Å². The molecular formula is C8H13NO3. The average molecular weight is 171 g/mol. The van der Waals surface area contributed by atoms with E-state index in [4.69, 9.17) is 14.6 Å². The number of hydrogen-bond acceptors (Lipinski definition) is 4. The van der Waals surface area contributed by atoms with Crippen LogP contribution in [0.5, 0.6) is 0 Å². The van der Waals surface area contributed by atoms with Gasteiger partial charge in [0, 0.05) is 5.41 Å². The smallest absolute Gasteiger partial charge is 0.395 e. The first-order chi connectivity index (χ1) is 5.45. The lowest BCUT2D eigenvalue weighted by Gasteiger charge is -2.14.